The van der Waals surface area contributed by atoms with E-state index in [0.717, 1.165) is 13.0 Å². The minimum Gasteiger partial charge on any atom is -0.396 e. The van der Waals surface area contributed by atoms with Gasteiger partial charge in [-0.15, -0.1) is 0 Å². The maximum atomic E-state index is 11.4. The molecule has 12 heavy (non-hydrogen) atoms. The summed E-state index contributed by atoms with van der Waals surface area (Å²) >= 11 is 0. The highest BCUT2D eigenvalue weighted by Gasteiger charge is 2.44. The van der Waals surface area contributed by atoms with Crippen LogP contribution in [0.1, 0.15) is 12.8 Å². The fourth-order valence-corrected chi connectivity index (χ4v) is 1.74. The summed E-state index contributed by atoms with van der Waals surface area (Å²) in [6.07, 6.45) is 1.67. The summed E-state index contributed by atoms with van der Waals surface area (Å²) in [7, 11) is 0. The first-order valence-corrected chi connectivity index (χ1v) is 4.36. The largest absolute Gasteiger partial charge is 0.396 e. The molecule has 0 aromatic heterocycles. The number of aliphatic hydroxyl groups is 1. The van der Waals surface area contributed by atoms with E-state index in [2.05, 4.69) is 0 Å². The molecule has 4 heteroatoms. The summed E-state index contributed by atoms with van der Waals surface area (Å²) in [5.41, 5.74) is 0. The fourth-order valence-electron chi connectivity index (χ4n) is 1.74. The maximum Gasteiger partial charge on any atom is 0.251 e. The number of ether oxygens (including phenoxy) is 1. The summed E-state index contributed by atoms with van der Waals surface area (Å²) < 4.78 is 5.24. The molecule has 1 N–H and O–H groups in total. The number of morpholine rings is 1. The quantitative estimate of drug-likeness (QED) is 0.615. The Balaban J connectivity index is 1.86. The van der Waals surface area contributed by atoms with Crippen LogP contribution >= 0.6 is 0 Å². The smallest absolute Gasteiger partial charge is 0.251 e. The van der Waals surface area contributed by atoms with Crippen molar-refractivity contribution in [2.24, 2.45) is 0 Å². The van der Waals surface area contributed by atoms with Crippen LogP contribution in [-0.2, 0) is 9.53 Å². The Morgan fingerprint density at radius 1 is 1.67 bits per heavy atom. The molecule has 68 valence electrons. The Morgan fingerprint density at radius 3 is 3.00 bits per heavy atom. The third-order valence-corrected chi connectivity index (χ3v) is 2.43. The zero-order valence-electron chi connectivity index (χ0n) is 6.90. The molecular formula is C8H13NO3. The van der Waals surface area contributed by atoms with Crippen molar-refractivity contribution in [1.29, 1.82) is 0 Å². The molecule has 2 atom stereocenters. The van der Waals surface area contributed by atoms with Gasteiger partial charge in [0.2, 0.25) is 0 Å². The van der Waals surface area contributed by atoms with Crippen LogP contribution in [0.2, 0.25) is 0 Å². The molecule has 2 unspecified atom stereocenters. The van der Waals surface area contributed by atoms with Crippen molar-refractivity contribution in [3.8, 4) is 0 Å². The van der Waals surface area contributed by atoms with Gasteiger partial charge in [0.1, 0.15) is 6.10 Å². The first-order chi connectivity index (χ1) is 5.81. The number of carbonyl (C=O) groups excluding carboxylic acids is 1. The molecule has 0 aromatic carbocycles. The zero-order valence-corrected chi connectivity index (χ0v) is 6.90. The lowest BCUT2D eigenvalue weighted by molar-refractivity contribution is -0.198. The van der Waals surface area contributed by atoms with Crippen molar-refractivity contribution < 1.29 is 14.6 Å². The molecule has 3 heterocycles. The summed E-state index contributed by atoms with van der Waals surface area (Å²) in [6, 6.07) is 0. The number of fused-ring (bicyclic) bond motifs is 2. The van der Waals surface area contributed by atoms with Crippen molar-refractivity contribution in [3.05, 3.63) is 0 Å². The van der Waals surface area contributed by atoms with Crippen LogP contribution in [0.25, 0.3) is 0 Å². The van der Waals surface area contributed by atoms with Crippen LogP contribution in [-0.4, -0.2) is 47.8 Å². The Bertz CT molecular complexity index is 189. The van der Waals surface area contributed by atoms with E-state index in [4.69, 9.17) is 9.84 Å². The predicted molar refractivity (Wildman–Crippen MR) is 41.6 cm³/mol. The molecule has 3 aliphatic rings. The van der Waals surface area contributed by atoms with Crippen molar-refractivity contribution >= 4 is 5.91 Å². The van der Waals surface area contributed by atoms with Gasteiger partial charge in [-0.05, 0) is 6.42 Å². The standard InChI is InChI=1S/C8H13NO3/c10-3-1-2-9-5-6-4-7(12-6)8(9)11/h6-7,10H,1-5H2. The van der Waals surface area contributed by atoms with Crippen LogP contribution in [0.3, 0.4) is 0 Å². The van der Waals surface area contributed by atoms with Gasteiger partial charge in [0.25, 0.3) is 5.91 Å². The lowest BCUT2D eigenvalue weighted by Gasteiger charge is -2.46. The van der Waals surface area contributed by atoms with Gasteiger partial charge < -0.3 is 14.7 Å². The molecule has 0 aliphatic carbocycles. The number of hydrogen-bond acceptors (Lipinski definition) is 3. The summed E-state index contributed by atoms with van der Waals surface area (Å²) in [5.74, 6) is 0.103. The topological polar surface area (TPSA) is 49.8 Å². The summed E-state index contributed by atoms with van der Waals surface area (Å²) in [6.45, 7) is 1.54. The van der Waals surface area contributed by atoms with Crippen LogP contribution in [0.5, 0.6) is 0 Å². The molecule has 3 rings (SSSR count). The minimum atomic E-state index is -0.164. The molecule has 0 spiro atoms. The normalized spacial score (nSPS) is 33.4. The Labute approximate surface area is 71.1 Å². The minimum absolute atomic E-state index is 0.103. The number of amides is 1. The second kappa shape index (κ2) is 3.03. The van der Waals surface area contributed by atoms with E-state index < -0.39 is 0 Å². The highest BCUT2D eigenvalue weighted by Crippen LogP contribution is 2.28. The second-order valence-corrected chi connectivity index (χ2v) is 3.34. The van der Waals surface area contributed by atoms with Gasteiger partial charge in [-0.2, -0.15) is 0 Å². The van der Waals surface area contributed by atoms with Crippen molar-refractivity contribution in [2.45, 2.75) is 25.0 Å². The predicted octanol–water partition coefficient (Wildman–Crippen LogP) is -0.631. The van der Waals surface area contributed by atoms with Crippen molar-refractivity contribution in [2.75, 3.05) is 19.7 Å². The molecule has 3 fully saturated rings. The number of aliphatic hydroxyl groups excluding tert-OH is 1. The Morgan fingerprint density at radius 2 is 2.42 bits per heavy atom. The monoisotopic (exact) mass is 171 g/mol. The first kappa shape index (κ1) is 8.01. The van der Waals surface area contributed by atoms with Gasteiger partial charge in [-0.3, -0.25) is 4.79 Å². The van der Waals surface area contributed by atoms with E-state index in [-0.39, 0.29) is 24.7 Å². The van der Waals surface area contributed by atoms with Gasteiger partial charge in [-0.25, -0.2) is 0 Å². The number of piperidine rings is 1. The van der Waals surface area contributed by atoms with E-state index in [1.54, 1.807) is 4.90 Å². The summed E-state index contributed by atoms with van der Waals surface area (Å²) in [5, 5.41) is 8.59. The van der Waals surface area contributed by atoms with E-state index in [9.17, 15) is 4.79 Å². The molecule has 3 saturated heterocycles. The summed E-state index contributed by atoms with van der Waals surface area (Å²) in [4.78, 5) is 13.2. The average Bonchev–Trinajstić information content (AvgIpc) is 2.00. The van der Waals surface area contributed by atoms with Crippen LogP contribution < -0.4 is 0 Å². The lowest BCUT2D eigenvalue weighted by Crippen LogP contribution is -2.61. The highest BCUT2D eigenvalue weighted by molar-refractivity contribution is 5.83. The fraction of sp³-hybridized carbons (Fsp3) is 0.875. The maximum absolute atomic E-state index is 11.4. The van der Waals surface area contributed by atoms with Gasteiger partial charge >= 0.3 is 0 Å². The molecule has 1 amide bonds. The van der Waals surface area contributed by atoms with Crippen LogP contribution in [0, 0.1) is 0 Å². The van der Waals surface area contributed by atoms with E-state index in [1.807, 2.05) is 0 Å². The molecule has 3 aliphatic heterocycles. The van der Waals surface area contributed by atoms with Gasteiger partial charge in [-0.1, -0.05) is 0 Å². The highest BCUT2D eigenvalue weighted by atomic mass is 16.5. The number of nitrogens with zero attached hydrogens (tertiary/aromatic N) is 1. The first-order valence-electron chi connectivity index (χ1n) is 4.36. The van der Waals surface area contributed by atoms with E-state index in [0.29, 0.717) is 13.0 Å². The Kier molecular flexibility index (Phi) is 2.02. The molecule has 0 saturated carbocycles. The number of hydrogen-bond donors (Lipinski definition) is 1. The lowest BCUT2D eigenvalue weighted by atomic mass is 9.98. The molecule has 4 nitrogen and oxygen atoms in total. The zero-order chi connectivity index (χ0) is 8.55. The van der Waals surface area contributed by atoms with Gasteiger partial charge in [0, 0.05) is 26.1 Å². The van der Waals surface area contributed by atoms with E-state index in [1.165, 1.54) is 0 Å². The molecule has 0 aromatic rings. The SMILES string of the molecule is O=C1C2CC(CN1CCCO)O2. The second-order valence-electron chi connectivity index (χ2n) is 3.34. The molecular weight excluding hydrogens is 158 g/mol. The molecule has 0 radical (unpaired) electrons. The van der Waals surface area contributed by atoms with Crippen molar-refractivity contribution in [1.82, 2.24) is 4.90 Å². The molecule has 2 bridgehead atoms. The van der Waals surface area contributed by atoms with Crippen LogP contribution in [0.15, 0.2) is 0 Å². The Hall–Kier alpha value is -0.610. The third-order valence-electron chi connectivity index (χ3n) is 2.43. The number of rotatable bonds is 3. The van der Waals surface area contributed by atoms with E-state index >= 15 is 0 Å². The average molecular weight is 171 g/mol. The number of carbonyl (C=O) groups is 1. The van der Waals surface area contributed by atoms with Crippen LogP contribution in [0.4, 0.5) is 0 Å². The van der Waals surface area contributed by atoms with Gasteiger partial charge in [0.05, 0.1) is 6.10 Å². The van der Waals surface area contributed by atoms with Gasteiger partial charge in [0.15, 0.2) is 0 Å². The van der Waals surface area contributed by atoms with Crippen molar-refractivity contribution in [3.63, 3.8) is 0 Å². The third kappa shape index (κ3) is 1.21.